The summed E-state index contributed by atoms with van der Waals surface area (Å²) in [7, 11) is 0. The zero-order chi connectivity index (χ0) is 38.6. The van der Waals surface area contributed by atoms with E-state index in [9.17, 15) is 40.2 Å². The number of carbonyl (C=O) groups excluding carboxylic acids is 2. The number of rotatable bonds is 10. The molecule has 6 fully saturated rings. The molecule has 52 heavy (non-hydrogen) atoms. The second-order valence-electron chi connectivity index (χ2n) is 19.5. The fourth-order valence-corrected chi connectivity index (χ4v) is 13.7. The molecule has 1 aliphatic heterocycles. The smallest absolute Gasteiger partial charge is 0.302 e. The molecule has 0 aromatic heterocycles. The van der Waals surface area contributed by atoms with E-state index in [4.69, 9.17) is 18.9 Å². The molecule has 12 nitrogen and oxygen atoms in total. The molecule has 0 aromatic rings. The summed E-state index contributed by atoms with van der Waals surface area (Å²) in [6.07, 6.45) is -2.40. The number of hydrogen-bond acceptors (Lipinski definition) is 12. The van der Waals surface area contributed by atoms with Gasteiger partial charge >= 0.3 is 11.9 Å². The van der Waals surface area contributed by atoms with E-state index in [2.05, 4.69) is 34.6 Å². The maximum Gasteiger partial charge on any atom is 0.302 e. The molecule has 6 aliphatic rings. The van der Waals surface area contributed by atoms with Gasteiger partial charge < -0.3 is 49.6 Å². The lowest BCUT2D eigenvalue weighted by molar-refractivity contribution is -0.344. The van der Waals surface area contributed by atoms with E-state index in [0.29, 0.717) is 18.8 Å². The van der Waals surface area contributed by atoms with Crippen molar-refractivity contribution in [2.24, 2.45) is 50.7 Å². The van der Waals surface area contributed by atoms with Crippen LogP contribution in [0.3, 0.4) is 0 Å². The zero-order valence-corrected chi connectivity index (χ0v) is 32.7. The maximum atomic E-state index is 12.3. The predicted molar refractivity (Wildman–Crippen MR) is 188 cm³/mol. The van der Waals surface area contributed by atoms with Gasteiger partial charge in [-0.1, -0.05) is 34.6 Å². The van der Waals surface area contributed by atoms with Crippen LogP contribution in [0.1, 0.15) is 120 Å². The minimum Gasteiger partial charge on any atom is -0.463 e. The SMILES string of the molecule is CC(=O)OC[C@H]1O[C@@H](O[C@@H]2C[C@H]3C(C)(C)[C@H](OC(C)=O)CC[C@]3(C)[C@H]3CC[C@]45C[C@]4(CC[C@H]5[C@@H](C)C[C@@H](O)[C@H](O)C(C)(C)O)[C@@]32C)[C@H](O)[C@@H](O)[C@@H]1O. The molecule has 0 amide bonds. The van der Waals surface area contributed by atoms with Crippen molar-refractivity contribution < 1.29 is 59.2 Å². The highest BCUT2D eigenvalue weighted by Crippen LogP contribution is 2.91. The molecule has 0 spiro atoms. The molecule has 5 aliphatic carbocycles. The molecule has 1 saturated heterocycles. The number of carbonyl (C=O) groups is 2. The highest BCUT2D eigenvalue weighted by atomic mass is 16.7. The summed E-state index contributed by atoms with van der Waals surface area (Å²) in [5.74, 6) is -0.142. The first kappa shape index (κ1) is 40.3. The van der Waals surface area contributed by atoms with Crippen LogP contribution in [0.2, 0.25) is 0 Å². The topological polar surface area (TPSA) is 192 Å². The highest BCUT2D eigenvalue weighted by Gasteiger charge is 2.85. The maximum absolute atomic E-state index is 12.3. The van der Waals surface area contributed by atoms with Gasteiger partial charge in [-0.25, -0.2) is 0 Å². The number of fused-ring (bicyclic) bond motifs is 3. The summed E-state index contributed by atoms with van der Waals surface area (Å²) in [5, 5.41) is 65.2. The van der Waals surface area contributed by atoms with Crippen LogP contribution < -0.4 is 0 Å². The minimum absolute atomic E-state index is 0.00590. The first-order valence-corrected chi connectivity index (χ1v) is 19.7. The van der Waals surface area contributed by atoms with E-state index in [1.54, 1.807) is 0 Å². The van der Waals surface area contributed by atoms with E-state index in [1.165, 1.54) is 27.7 Å². The molecule has 0 unspecified atom stereocenters. The van der Waals surface area contributed by atoms with E-state index in [0.717, 1.165) is 44.9 Å². The Kier molecular flexibility index (Phi) is 10.4. The summed E-state index contributed by atoms with van der Waals surface area (Å²) in [5.41, 5.74) is -2.38. The van der Waals surface area contributed by atoms with Crippen molar-refractivity contribution >= 4 is 11.9 Å². The average molecular weight is 739 g/mol. The van der Waals surface area contributed by atoms with Crippen LogP contribution in [0.25, 0.3) is 0 Å². The van der Waals surface area contributed by atoms with Gasteiger partial charge in [0, 0.05) is 24.7 Å². The lowest BCUT2D eigenvalue weighted by Gasteiger charge is -2.69. The van der Waals surface area contributed by atoms with E-state index < -0.39 is 60.6 Å². The van der Waals surface area contributed by atoms with Gasteiger partial charge in [-0.2, -0.15) is 0 Å². The Bertz CT molecular complexity index is 1360. The van der Waals surface area contributed by atoms with Crippen LogP contribution >= 0.6 is 0 Å². The average Bonchev–Trinajstić information content (AvgIpc) is 3.61. The Hall–Kier alpha value is -1.38. The third-order valence-electron chi connectivity index (χ3n) is 16.2. The van der Waals surface area contributed by atoms with Crippen molar-refractivity contribution in [2.45, 2.75) is 181 Å². The molecule has 12 heteroatoms. The number of aliphatic hydroxyl groups excluding tert-OH is 5. The first-order chi connectivity index (χ1) is 24.0. The van der Waals surface area contributed by atoms with E-state index in [-0.39, 0.29) is 63.5 Å². The molecular formula is C40H66O12. The number of aliphatic hydroxyl groups is 6. The number of ether oxygens (including phenoxy) is 4. The molecule has 17 atom stereocenters. The van der Waals surface area contributed by atoms with Gasteiger partial charge in [-0.3, -0.25) is 9.59 Å². The summed E-state index contributed by atoms with van der Waals surface area (Å²) in [6, 6.07) is 0. The van der Waals surface area contributed by atoms with Gasteiger partial charge in [-0.05, 0) is 112 Å². The molecule has 298 valence electrons. The third-order valence-corrected chi connectivity index (χ3v) is 16.2. The van der Waals surface area contributed by atoms with E-state index >= 15 is 0 Å². The monoisotopic (exact) mass is 738 g/mol. The van der Waals surface area contributed by atoms with Crippen LogP contribution in [-0.4, -0.2) is 110 Å². The zero-order valence-electron chi connectivity index (χ0n) is 32.7. The van der Waals surface area contributed by atoms with E-state index in [1.807, 2.05) is 0 Å². The second-order valence-corrected chi connectivity index (χ2v) is 19.5. The Labute approximate surface area is 308 Å². The fraction of sp³-hybridized carbons (Fsp3) is 0.950. The largest absolute Gasteiger partial charge is 0.463 e. The summed E-state index contributed by atoms with van der Waals surface area (Å²) >= 11 is 0. The van der Waals surface area contributed by atoms with Gasteiger partial charge in [0.1, 0.15) is 43.2 Å². The second kappa shape index (κ2) is 13.4. The molecular weight excluding hydrogens is 672 g/mol. The normalized spacial score (nSPS) is 48.2. The summed E-state index contributed by atoms with van der Waals surface area (Å²) < 4.78 is 24.3. The van der Waals surface area contributed by atoms with Crippen LogP contribution in [0.5, 0.6) is 0 Å². The Morgan fingerprint density at radius 1 is 0.885 bits per heavy atom. The van der Waals surface area contributed by atoms with Gasteiger partial charge in [0.05, 0.1) is 17.8 Å². The van der Waals surface area contributed by atoms with Gasteiger partial charge in [0.25, 0.3) is 0 Å². The summed E-state index contributed by atoms with van der Waals surface area (Å²) in [6.45, 7) is 16.7. The van der Waals surface area contributed by atoms with Crippen LogP contribution in [0.15, 0.2) is 0 Å². The molecule has 6 N–H and O–H groups in total. The third kappa shape index (κ3) is 5.99. The van der Waals surface area contributed by atoms with Gasteiger partial charge in [0.15, 0.2) is 6.29 Å². The Morgan fingerprint density at radius 3 is 2.17 bits per heavy atom. The molecule has 0 bridgehead atoms. The first-order valence-electron chi connectivity index (χ1n) is 19.7. The van der Waals surface area contributed by atoms with Crippen LogP contribution in [0, 0.1) is 50.7 Å². The lowest BCUT2D eigenvalue weighted by atomic mass is 9.37. The predicted octanol–water partition coefficient (Wildman–Crippen LogP) is 3.24. The molecule has 0 radical (unpaired) electrons. The molecule has 6 rings (SSSR count). The highest BCUT2D eigenvalue weighted by molar-refractivity contribution is 5.66. The van der Waals surface area contributed by atoms with Crippen LogP contribution in [0.4, 0.5) is 0 Å². The minimum atomic E-state index is -1.58. The van der Waals surface area contributed by atoms with Gasteiger partial charge in [-0.15, -0.1) is 0 Å². The summed E-state index contributed by atoms with van der Waals surface area (Å²) in [4.78, 5) is 23.9. The number of esters is 2. The van der Waals surface area contributed by atoms with Gasteiger partial charge in [0.2, 0.25) is 0 Å². The fourth-order valence-electron chi connectivity index (χ4n) is 13.7. The van der Waals surface area contributed by atoms with Crippen molar-refractivity contribution in [3.63, 3.8) is 0 Å². The quantitative estimate of drug-likeness (QED) is 0.142. The Morgan fingerprint density at radius 2 is 1.56 bits per heavy atom. The standard InChI is InChI=1S/C40H66O12/c1-20(16-24(43)33(47)36(6,7)48)23-10-15-40-19-39(23,40)14-11-26-37(8)13-12-28(50-22(3)42)35(4,5)27(37)17-29(38(26,40)9)52-34-32(46)31(45)30(44)25(51-34)18-49-21(2)41/h20,23-34,43-48H,10-19H2,1-9H3/t20-,23-,24+,25+,26+,27-,28+,29+,30+,31-,32+,33-,34-,37+,38-,39+,40+/m0/s1. The Balaban J connectivity index is 1.36. The van der Waals surface area contributed by atoms with Crippen molar-refractivity contribution in [3.8, 4) is 0 Å². The molecule has 5 saturated carbocycles. The van der Waals surface area contributed by atoms with Crippen molar-refractivity contribution in [3.05, 3.63) is 0 Å². The lowest BCUT2D eigenvalue weighted by Crippen LogP contribution is -2.68. The van der Waals surface area contributed by atoms with Crippen molar-refractivity contribution in [1.29, 1.82) is 0 Å². The van der Waals surface area contributed by atoms with Crippen LogP contribution in [-0.2, 0) is 28.5 Å². The van der Waals surface area contributed by atoms with Crippen molar-refractivity contribution in [2.75, 3.05) is 6.61 Å². The molecule has 1 heterocycles. The number of hydrogen-bond donors (Lipinski definition) is 6. The molecule has 0 aromatic carbocycles. The van der Waals surface area contributed by atoms with Crippen molar-refractivity contribution in [1.82, 2.24) is 0 Å².